The smallest absolute Gasteiger partial charge is 0.334 e. The molecular weight excluding hydrogens is 370 g/mol. The number of unbranched alkanes of at least 4 members (excludes halogenated alkanes) is 1. The van der Waals surface area contributed by atoms with Crippen LogP contribution in [0.25, 0.3) is 0 Å². The average Bonchev–Trinajstić information content (AvgIpc) is 2.73. The molecule has 1 amide bonds. The van der Waals surface area contributed by atoms with E-state index in [2.05, 4.69) is 0 Å². The summed E-state index contributed by atoms with van der Waals surface area (Å²) in [5, 5.41) is 8.96. The van der Waals surface area contributed by atoms with Crippen molar-refractivity contribution in [1.29, 1.82) is 5.26 Å². The molecule has 1 saturated heterocycles. The number of amides is 1. The van der Waals surface area contributed by atoms with Gasteiger partial charge in [0, 0.05) is 6.54 Å². The van der Waals surface area contributed by atoms with Gasteiger partial charge in [-0.2, -0.15) is 18.4 Å². The molecule has 9 heteroatoms. The molecule has 1 fully saturated rings. The third-order valence-electron chi connectivity index (χ3n) is 4.28. The third-order valence-corrected chi connectivity index (χ3v) is 4.68. The summed E-state index contributed by atoms with van der Waals surface area (Å²) in [7, 11) is 0. The second-order valence-electron chi connectivity index (χ2n) is 6.37. The van der Waals surface area contributed by atoms with Crippen LogP contribution >= 0.6 is 12.2 Å². The summed E-state index contributed by atoms with van der Waals surface area (Å²) in [6.07, 6.45) is -3.97. The molecule has 0 unspecified atom stereocenters. The summed E-state index contributed by atoms with van der Waals surface area (Å²) in [5.74, 6) is -0.472. The van der Waals surface area contributed by atoms with Crippen LogP contribution in [0, 0.1) is 11.3 Å². The topological polar surface area (TPSA) is 47.3 Å². The Kier molecular flexibility index (Phi) is 5.56. The number of hydrogen-bond acceptors (Lipinski definition) is 3. The maximum Gasteiger partial charge on any atom is 0.417 e. The Hall–Kier alpha value is -2.21. The van der Waals surface area contributed by atoms with Gasteiger partial charge in [0.2, 0.25) is 0 Å². The molecule has 0 bridgehead atoms. The van der Waals surface area contributed by atoms with Crippen LogP contribution in [0.2, 0.25) is 0 Å². The van der Waals surface area contributed by atoms with Gasteiger partial charge in [0.05, 0.1) is 29.6 Å². The molecule has 0 aliphatic carbocycles. The van der Waals surface area contributed by atoms with Crippen molar-refractivity contribution in [3.05, 3.63) is 29.3 Å². The zero-order chi connectivity index (χ0) is 19.7. The quantitative estimate of drug-likeness (QED) is 0.435. The number of rotatable bonds is 5. The van der Waals surface area contributed by atoms with E-state index in [0.29, 0.717) is 19.4 Å². The zero-order valence-corrected chi connectivity index (χ0v) is 15.0. The summed E-state index contributed by atoms with van der Waals surface area (Å²) in [6.45, 7) is 3.06. The SMILES string of the molecule is CC1(C)C(=O)N(c2ccc(C#N)c(C(F)(F)F)c2)C(=S)N1CCCCF. The van der Waals surface area contributed by atoms with Crippen LogP contribution in [0.3, 0.4) is 0 Å². The maximum absolute atomic E-state index is 13.2. The molecule has 4 nitrogen and oxygen atoms in total. The molecule has 26 heavy (non-hydrogen) atoms. The molecule has 0 saturated carbocycles. The number of carbonyl (C=O) groups is 1. The predicted octanol–water partition coefficient (Wildman–Crippen LogP) is 4.04. The Morgan fingerprint density at radius 3 is 2.46 bits per heavy atom. The lowest BCUT2D eigenvalue weighted by atomic mass is 10.0. The minimum absolute atomic E-state index is 0.0487. The van der Waals surface area contributed by atoms with Crippen LogP contribution in [0.5, 0.6) is 0 Å². The fourth-order valence-electron chi connectivity index (χ4n) is 2.81. The molecule has 0 atom stereocenters. The number of thiocarbonyl (C=S) groups is 1. The fraction of sp³-hybridized carbons (Fsp3) is 0.471. The van der Waals surface area contributed by atoms with Crippen LogP contribution < -0.4 is 4.90 Å². The van der Waals surface area contributed by atoms with E-state index in [1.165, 1.54) is 12.1 Å². The van der Waals surface area contributed by atoms with Gasteiger partial charge in [-0.15, -0.1) is 0 Å². The number of hydrogen-bond donors (Lipinski definition) is 0. The molecule has 2 rings (SSSR count). The lowest BCUT2D eigenvalue weighted by molar-refractivity contribution is -0.137. The normalized spacial score (nSPS) is 17.0. The molecule has 0 spiro atoms. The number of halogens is 4. The molecule has 1 aromatic rings. The van der Waals surface area contributed by atoms with E-state index in [-0.39, 0.29) is 10.8 Å². The number of alkyl halides is 4. The summed E-state index contributed by atoms with van der Waals surface area (Å²) >= 11 is 5.31. The van der Waals surface area contributed by atoms with E-state index in [4.69, 9.17) is 17.5 Å². The average molecular weight is 387 g/mol. The van der Waals surface area contributed by atoms with Crippen LogP contribution in [0.1, 0.15) is 37.8 Å². The largest absolute Gasteiger partial charge is 0.417 e. The van der Waals surface area contributed by atoms with Gasteiger partial charge in [-0.05, 0) is 57.1 Å². The van der Waals surface area contributed by atoms with Crippen molar-refractivity contribution in [2.24, 2.45) is 0 Å². The number of carbonyl (C=O) groups excluding carboxylic acids is 1. The summed E-state index contributed by atoms with van der Waals surface area (Å²) in [6, 6.07) is 4.54. The van der Waals surface area contributed by atoms with Crippen LogP contribution in [0.15, 0.2) is 18.2 Å². The van der Waals surface area contributed by atoms with Crippen LogP contribution in [0.4, 0.5) is 23.2 Å². The number of anilines is 1. The molecule has 0 aromatic heterocycles. The lowest BCUT2D eigenvalue weighted by Gasteiger charge is -2.29. The number of benzene rings is 1. The minimum Gasteiger partial charge on any atom is -0.334 e. The molecule has 0 N–H and O–H groups in total. The van der Waals surface area contributed by atoms with Crippen molar-refractivity contribution in [1.82, 2.24) is 4.90 Å². The molecule has 1 aliphatic rings. The molecule has 140 valence electrons. The van der Waals surface area contributed by atoms with Crippen molar-refractivity contribution in [2.75, 3.05) is 18.1 Å². The van der Waals surface area contributed by atoms with Gasteiger partial charge in [0.1, 0.15) is 5.54 Å². The summed E-state index contributed by atoms with van der Waals surface area (Å²) in [5.41, 5.74) is -2.76. The highest BCUT2D eigenvalue weighted by Crippen LogP contribution is 2.37. The Morgan fingerprint density at radius 1 is 1.27 bits per heavy atom. The Morgan fingerprint density at radius 2 is 1.92 bits per heavy atom. The van der Waals surface area contributed by atoms with Crippen molar-refractivity contribution in [3.63, 3.8) is 0 Å². The Balaban J connectivity index is 2.44. The van der Waals surface area contributed by atoms with E-state index in [9.17, 15) is 22.4 Å². The Bertz CT molecular complexity index is 770. The van der Waals surface area contributed by atoms with E-state index >= 15 is 0 Å². The van der Waals surface area contributed by atoms with E-state index < -0.39 is 35.4 Å². The van der Waals surface area contributed by atoms with Crippen molar-refractivity contribution in [2.45, 2.75) is 38.4 Å². The first-order valence-electron chi connectivity index (χ1n) is 7.89. The first kappa shape index (κ1) is 20.1. The van der Waals surface area contributed by atoms with Gasteiger partial charge >= 0.3 is 6.18 Å². The number of nitrogens with zero attached hydrogens (tertiary/aromatic N) is 3. The van der Waals surface area contributed by atoms with Crippen LogP contribution in [-0.2, 0) is 11.0 Å². The van der Waals surface area contributed by atoms with Crippen LogP contribution in [-0.4, -0.2) is 34.7 Å². The molecule has 0 radical (unpaired) electrons. The van der Waals surface area contributed by atoms with Gasteiger partial charge in [-0.25, -0.2) is 0 Å². The Labute approximate surface area is 154 Å². The van der Waals surface area contributed by atoms with Gasteiger partial charge in [-0.1, -0.05) is 0 Å². The van der Waals surface area contributed by atoms with Gasteiger partial charge in [-0.3, -0.25) is 14.1 Å². The van der Waals surface area contributed by atoms with Gasteiger partial charge in [0.25, 0.3) is 5.91 Å². The summed E-state index contributed by atoms with van der Waals surface area (Å²) in [4.78, 5) is 15.4. The maximum atomic E-state index is 13.2. The van der Waals surface area contributed by atoms with E-state index in [0.717, 1.165) is 17.0 Å². The second kappa shape index (κ2) is 7.19. The highest BCUT2D eigenvalue weighted by molar-refractivity contribution is 7.80. The van der Waals surface area contributed by atoms with Crippen molar-refractivity contribution in [3.8, 4) is 6.07 Å². The first-order valence-corrected chi connectivity index (χ1v) is 8.30. The molecular formula is C17H17F4N3OS. The fourth-order valence-corrected chi connectivity index (χ4v) is 3.31. The molecule has 1 heterocycles. The number of nitriles is 1. The second-order valence-corrected chi connectivity index (χ2v) is 6.73. The zero-order valence-electron chi connectivity index (χ0n) is 14.2. The van der Waals surface area contributed by atoms with Crippen molar-refractivity contribution >= 4 is 28.9 Å². The molecule has 1 aliphatic heterocycles. The standard InChI is InChI=1S/C17H17F4N3OS/c1-16(2)14(25)24(15(26)23(16)8-4-3-7-18)12-6-5-11(10-22)13(9-12)17(19,20)21/h5-6,9H,3-4,7-8H2,1-2H3. The monoisotopic (exact) mass is 387 g/mol. The molecule has 1 aromatic carbocycles. The minimum atomic E-state index is -4.73. The highest BCUT2D eigenvalue weighted by atomic mass is 32.1. The first-order chi connectivity index (χ1) is 12.1. The lowest BCUT2D eigenvalue weighted by Crippen LogP contribution is -2.44. The highest BCUT2D eigenvalue weighted by Gasteiger charge is 2.49. The van der Waals surface area contributed by atoms with E-state index in [1.807, 2.05) is 0 Å². The van der Waals surface area contributed by atoms with Crippen molar-refractivity contribution < 1.29 is 22.4 Å². The van der Waals surface area contributed by atoms with E-state index in [1.54, 1.807) is 18.7 Å². The summed E-state index contributed by atoms with van der Waals surface area (Å²) < 4.78 is 51.9. The third kappa shape index (κ3) is 3.51. The van der Waals surface area contributed by atoms with Gasteiger partial charge in [0.15, 0.2) is 5.11 Å². The predicted molar refractivity (Wildman–Crippen MR) is 92.2 cm³/mol. The van der Waals surface area contributed by atoms with Gasteiger partial charge < -0.3 is 4.90 Å².